The molecule has 2 amide bonds. The fourth-order valence-electron chi connectivity index (χ4n) is 4.47. The molecule has 0 fully saturated rings. The number of azo groups is 2. The summed E-state index contributed by atoms with van der Waals surface area (Å²) >= 11 is 12.3. The minimum atomic E-state index is -4.91. The Labute approximate surface area is 343 Å². The van der Waals surface area contributed by atoms with Crippen molar-refractivity contribution in [3.05, 3.63) is 70.2 Å². The van der Waals surface area contributed by atoms with Crippen molar-refractivity contribution in [3.8, 4) is 0 Å². The van der Waals surface area contributed by atoms with Gasteiger partial charge in [-0.3, -0.25) is 9.59 Å². The Hall–Kier alpha value is -2.99. The Balaban J connectivity index is 0.00000351. The van der Waals surface area contributed by atoms with E-state index in [9.17, 15) is 45.4 Å². The molecule has 2 unspecified atom stereocenters. The average molecular weight is 796 g/mol. The Morgan fingerprint density at radius 1 is 0.765 bits per heavy atom. The zero-order valence-corrected chi connectivity index (χ0v) is 33.8. The second-order valence-electron chi connectivity index (χ2n) is 10.1. The van der Waals surface area contributed by atoms with E-state index in [1.165, 1.54) is 32.0 Å². The number of carboxylic acids is 1. The van der Waals surface area contributed by atoms with Crippen molar-refractivity contribution in [1.82, 2.24) is 0 Å². The SMILES string of the molecule is CC1=NN(c2cc(S(=O)(=O)[O-])ccc2Cl)C(=O)C1N=Nc1cccc(C(=O)O)c1N=NC1C(=O)N(c2cc(S(=O)(=O)[O-])ccc2Cl)N=C1C.[Na+].[Na+]. The van der Waals surface area contributed by atoms with Crippen LogP contribution < -0.4 is 69.1 Å². The Kier molecular flexibility index (Phi) is 13.6. The molecular formula is C27H18Cl2N8Na2O10S2. The van der Waals surface area contributed by atoms with E-state index < -0.39 is 65.5 Å². The molecule has 2 atom stereocenters. The van der Waals surface area contributed by atoms with Crippen LogP contribution in [0.3, 0.4) is 0 Å². The van der Waals surface area contributed by atoms with E-state index in [2.05, 4.69) is 30.7 Å². The van der Waals surface area contributed by atoms with Gasteiger partial charge in [0.2, 0.25) is 0 Å². The molecule has 51 heavy (non-hydrogen) atoms. The fourth-order valence-corrected chi connectivity index (χ4v) is 5.85. The molecule has 254 valence electrons. The molecule has 0 aromatic heterocycles. The summed E-state index contributed by atoms with van der Waals surface area (Å²) in [7, 11) is -9.81. The van der Waals surface area contributed by atoms with E-state index >= 15 is 0 Å². The number of hydrogen-bond donors (Lipinski definition) is 1. The van der Waals surface area contributed by atoms with E-state index in [-0.39, 0.29) is 103 Å². The molecule has 3 aromatic carbocycles. The number of benzene rings is 3. The first-order valence-corrected chi connectivity index (χ1v) is 16.9. The number of carboxylic acid groups (broad SMARTS) is 1. The summed E-state index contributed by atoms with van der Waals surface area (Å²) in [6.07, 6.45) is 0. The van der Waals surface area contributed by atoms with Gasteiger partial charge in [-0.2, -0.15) is 40.7 Å². The maximum Gasteiger partial charge on any atom is 1.00 e. The molecule has 5 rings (SSSR count). The van der Waals surface area contributed by atoms with Gasteiger partial charge in [0.25, 0.3) is 11.8 Å². The number of carbonyl (C=O) groups is 3. The molecule has 0 saturated heterocycles. The number of anilines is 2. The van der Waals surface area contributed by atoms with Crippen molar-refractivity contribution in [2.24, 2.45) is 30.7 Å². The van der Waals surface area contributed by atoms with E-state index in [0.717, 1.165) is 46.4 Å². The number of carbonyl (C=O) groups excluding carboxylic acids is 2. The monoisotopic (exact) mass is 794 g/mol. The molecule has 0 spiro atoms. The van der Waals surface area contributed by atoms with Crippen molar-refractivity contribution in [3.63, 3.8) is 0 Å². The third-order valence-electron chi connectivity index (χ3n) is 6.86. The van der Waals surface area contributed by atoms with Gasteiger partial charge in [0.15, 0.2) is 12.1 Å². The quantitative estimate of drug-likeness (QED) is 0.145. The van der Waals surface area contributed by atoms with Crippen molar-refractivity contribution < 1.29 is 105 Å². The van der Waals surface area contributed by atoms with Gasteiger partial charge >= 0.3 is 65.1 Å². The predicted molar refractivity (Wildman–Crippen MR) is 170 cm³/mol. The number of hydrazone groups is 2. The summed E-state index contributed by atoms with van der Waals surface area (Å²) in [4.78, 5) is 37.3. The molecule has 2 heterocycles. The summed E-state index contributed by atoms with van der Waals surface area (Å²) in [6.45, 7) is 2.80. The zero-order valence-electron chi connectivity index (χ0n) is 26.6. The number of nitrogens with zero attached hydrogens (tertiary/aromatic N) is 8. The molecule has 0 aliphatic carbocycles. The molecule has 1 N–H and O–H groups in total. The van der Waals surface area contributed by atoms with Gasteiger partial charge in [-0.15, -0.1) is 0 Å². The third-order valence-corrected chi connectivity index (χ3v) is 9.16. The first kappa shape index (κ1) is 42.4. The number of hydrogen-bond acceptors (Lipinski definition) is 15. The van der Waals surface area contributed by atoms with Crippen molar-refractivity contribution in [1.29, 1.82) is 0 Å². The van der Waals surface area contributed by atoms with Crippen molar-refractivity contribution in [2.75, 3.05) is 10.0 Å². The molecule has 0 radical (unpaired) electrons. The fraction of sp³-hybridized carbons (Fsp3) is 0.148. The smallest absolute Gasteiger partial charge is 0.744 e. The van der Waals surface area contributed by atoms with Crippen LogP contribution in [-0.2, 0) is 29.8 Å². The van der Waals surface area contributed by atoms with Crippen LogP contribution in [0.1, 0.15) is 24.2 Å². The van der Waals surface area contributed by atoms with Gasteiger partial charge in [-0.1, -0.05) is 29.3 Å². The Morgan fingerprint density at radius 2 is 1.20 bits per heavy atom. The minimum Gasteiger partial charge on any atom is -0.744 e. The van der Waals surface area contributed by atoms with Crippen LogP contribution in [0.4, 0.5) is 22.7 Å². The molecule has 0 saturated carbocycles. The van der Waals surface area contributed by atoms with Crippen molar-refractivity contribution in [2.45, 2.75) is 35.7 Å². The maximum atomic E-state index is 13.3. The molecule has 18 nitrogen and oxygen atoms in total. The molecular weight excluding hydrogens is 777 g/mol. The van der Waals surface area contributed by atoms with Gasteiger partial charge in [0.05, 0.1) is 48.2 Å². The van der Waals surface area contributed by atoms with Crippen LogP contribution in [0.5, 0.6) is 0 Å². The molecule has 2 aliphatic heterocycles. The van der Waals surface area contributed by atoms with Crippen LogP contribution in [0.25, 0.3) is 0 Å². The standard InChI is InChI=1S/C27H20Cl2N8O10S2.2Na/c1-12-22(25(38)36(34-12)20-10-14(48(42,43)44)6-8-17(20)28)31-30-19-5-3-4-16(27(40)41)24(19)33-32-23-13(2)35-37(26(23)39)21-11-15(49(45,46)47)7-9-18(21)29;;/h3-11,22-23H,1-2H3,(H,40,41)(H,42,43,44)(H,45,46,47);;/q;2*+1/p-2. The second kappa shape index (κ2) is 16.4. The summed E-state index contributed by atoms with van der Waals surface area (Å²) in [5.74, 6) is -3.16. The first-order chi connectivity index (χ1) is 22.9. The molecule has 3 aromatic rings. The first-order valence-electron chi connectivity index (χ1n) is 13.4. The summed E-state index contributed by atoms with van der Waals surface area (Å²) in [6, 6.07) is 6.81. The molecule has 2 aliphatic rings. The Bertz CT molecular complexity index is 2310. The van der Waals surface area contributed by atoms with Crippen molar-refractivity contribution >= 4 is 95.4 Å². The van der Waals surface area contributed by atoms with Gasteiger partial charge in [-0.05, 0) is 62.4 Å². The van der Waals surface area contributed by atoms with Gasteiger partial charge in [0, 0.05) is 0 Å². The van der Waals surface area contributed by atoms with Crippen LogP contribution in [0.15, 0.2) is 95.0 Å². The number of aromatic carboxylic acids is 1. The van der Waals surface area contributed by atoms with Gasteiger partial charge < -0.3 is 14.2 Å². The minimum absolute atomic E-state index is 0. The number of amides is 2. The van der Waals surface area contributed by atoms with E-state index in [1.807, 2.05) is 0 Å². The van der Waals surface area contributed by atoms with E-state index in [0.29, 0.717) is 0 Å². The van der Waals surface area contributed by atoms with Crippen LogP contribution >= 0.6 is 23.2 Å². The summed E-state index contributed by atoms with van der Waals surface area (Å²) in [5, 5.41) is 35.1. The van der Waals surface area contributed by atoms with Crippen LogP contribution in [0.2, 0.25) is 10.0 Å². The molecule has 24 heteroatoms. The average Bonchev–Trinajstić information content (AvgIpc) is 3.46. The van der Waals surface area contributed by atoms with Gasteiger partial charge in [-0.25, -0.2) is 21.6 Å². The number of rotatable bonds is 9. The maximum absolute atomic E-state index is 13.3. The number of halogens is 2. The molecule has 0 bridgehead atoms. The summed E-state index contributed by atoms with van der Waals surface area (Å²) in [5.41, 5.74) is -1.30. The van der Waals surface area contributed by atoms with E-state index in [1.54, 1.807) is 0 Å². The third kappa shape index (κ3) is 8.98. The normalized spacial score (nSPS) is 17.8. The zero-order chi connectivity index (χ0) is 36.0. The topological polar surface area (TPSA) is 266 Å². The summed E-state index contributed by atoms with van der Waals surface area (Å²) < 4.78 is 69.1. The Morgan fingerprint density at radius 3 is 1.61 bits per heavy atom. The predicted octanol–water partition coefficient (Wildman–Crippen LogP) is -1.74. The van der Waals surface area contributed by atoms with E-state index in [4.69, 9.17) is 23.2 Å². The van der Waals surface area contributed by atoms with Gasteiger partial charge in [0.1, 0.15) is 31.6 Å². The van der Waals surface area contributed by atoms with Crippen LogP contribution in [0, 0.1) is 0 Å². The second-order valence-corrected chi connectivity index (χ2v) is 13.7. The van der Waals surface area contributed by atoms with Crippen LogP contribution in [-0.4, -0.2) is 72.3 Å². The largest absolute Gasteiger partial charge is 1.00 e.